The van der Waals surface area contributed by atoms with Crippen molar-refractivity contribution in [1.82, 2.24) is 4.98 Å². The minimum Gasteiger partial charge on any atom is -0.508 e. The molecule has 36 heavy (non-hydrogen) atoms. The van der Waals surface area contributed by atoms with Crippen molar-refractivity contribution >= 4 is 27.8 Å². The molecule has 3 aromatic carbocycles. The summed E-state index contributed by atoms with van der Waals surface area (Å²) in [6.45, 7) is 0. The minimum absolute atomic E-state index is 0.0831. The number of aromatic amines is 1. The number of hydrogen-bond acceptors (Lipinski definition) is 7. The lowest BCUT2D eigenvalue weighted by atomic mass is 9.85. The van der Waals surface area contributed by atoms with Gasteiger partial charge in [-0.15, -0.1) is 0 Å². The molecule has 2 aromatic heterocycles. The zero-order chi connectivity index (χ0) is 25.0. The van der Waals surface area contributed by atoms with Crippen molar-refractivity contribution in [3.05, 3.63) is 98.6 Å². The molecule has 5 aromatic rings. The first-order valence-electron chi connectivity index (χ1n) is 11.2. The molecule has 0 spiro atoms. The molecule has 0 fully saturated rings. The number of phenols is 1. The Balaban J connectivity index is 1.56. The van der Waals surface area contributed by atoms with Crippen LogP contribution in [0, 0.1) is 0 Å². The highest BCUT2D eigenvalue weighted by atomic mass is 16.5. The van der Waals surface area contributed by atoms with E-state index in [4.69, 9.17) is 13.9 Å². The predicted octanol–water partition coefficient (Wildman–Crippen LogP) is 4.46. The summed E-state index contributed by atoms with van der Waals surface area (Å²) in [5.74, 6) is -0.220. The molecule has 0 amide bonds. The number of fused-ring (bicyclic) bond motifs is 4. The second-order valence-corrected chi connectivity index (χ2v) is 8.62. The molecule has 3 heterocycles. The molecule has 0 bridgehead atoms. The summed E-state index contributed by atoms with van der Waals surface area (Å²) < 4.78 is 16.7. The fourth-order valence-corrected chi connectivity index (χ4v) is 4.74. The summed E-state index contributed by atoms with van der Waals surface area (Å²) in [6.07, 6.45) is 1.27. The highest BCUT2D eigenvalue weighted by Crippen LogP contribution is 2.42. The van der Waals surface area contributed by atoms with Crippen molar-refractivity contribution < 1.29 is 23.8 Å². The quantitative estimate of drug-likeness (QED) is 0.289. The summed E-state index contributed by atoms with van der Waals surface area (Å²) in [4.78, 5) is 41.9. The standard InChI is InChI=1S/C28H19NO7/c1-34-17-7-4-15-10-20(28(33)29-22(15)11-17)19-12-24(31)36-23-9-8-18-26(32)21(13-35-27(18)25(19)23)14-2-5-16(30)6-3-14/h2-11,13,19,30H,12H2,1H3,(H,29,33)/t19-/m1/s1. The van der Waals surface area contributed by atoms with E-state index in [-0.39, 0.29) is 34.5 Å². The van der Waals surface area contributed by atoms with Gasteiger partial charge >= 0.3 is 5.97 Å². The number of ether oxygens (including phenoxy) is 2. The Labute approximate surface area is 203 Å². The van der Waals surface area contributed by atoms with E-state index in [2.05, 4.69) is 4.98 Å². The van der Waals surface area contributed by atoms with E-state index in [0.717, 1.165) is 5.39 Å². The molecule has 0 aliphatic carbocycles. The number of esters is 1. The number of aromatic nitrogens is 1. The van der Waals surface area contributed by atoms with Gasteiger partial charge in [0, 0.05) is 23.1 Å². The second kappa shape index (κ2) is 8.13. The molecule has 178 valence electrons. The Morgan fingerprint density at radius 1 is 1.00 bits per heavy atom. The number of benzene rings is 3. The number of methoxy groups -OCH3 is 1. The zero-order valence-corrected chi connectivity index (χ0v) is 19.0. The van der Waals surface area contributed by atoms with Crippen molar-refractivity contribution in [3.63, 3.8) is 0 Å². The van der Waals surface area contributed by atoms with Crippen molar-refractivity contribution in [2.24, 2.45) is 0 Å². The monoisotopic (exact) mass is 481 g/mol. The van der Waals surface area contributed by atoms with Crippen LogP contribution in [0.25, 0.3) is 33.0 Å². The smallest absolute Gasteiger partial charge is 0.312 e. The normalized spacial score (nSPS) is 15.0. The lowest BCUT2D eigenvalue weighted by Gasteiger charge is -2.25. The first-order valence-corrected chi connectivity index (χ1v) is 11.2. The Kier molecular flexibility index (Phi) is 4.89. The van der Waals surface area contributed by atoms with Crippen molar-refractivity contribution in [2.45, 2.75) is 12.3 Å². The number of carbonyl (C=O) groups is 1. The lowest BCUT2D eigenvalue weighted by Crippen LogP contribution is -2.26. The second-order valence-electron chi connectivity index (χ2n) is 8.62. The third kappa shape index (κ3) is 3.42. The van der Waals surface area contributed by atoms with Crippen LogP contribution in [0.3, 0.4) is 0 Å². The van der Waals surface area contributed by atoms with E-state index in [9.17, 15) is 19.5 Å². The molecule has 0 unspecified atom stereocenters. The van der Waals surface area contributed by atoms with E-state index in [1.807, 2.05) is 6.07 Å². The molecule has 0 radical (unpaired) electrons. The lowest BCUT2D eigenvalue weighted by molar-refractivity contribution is -0.135. The van der Waals surface area contributed by atoms with E-state index in [1.54, 1.807) is 49.6 Å². The Morgan fingerprint density at radius 2 is 1.81 bits per heavy atom. The number of nitrogens with one attached hydrogen (secondary N) is 1. The van der Waals surface area contributed by atoms with Crippen LogP contribution in [-0.4, -0.2) is 23.2 Å². The molecule has 8 heteroatoms. The largest absolute Gasteiger partial charge is 0.508 e. The first kappa shape index (κ1) is 21.7. The summed E-state index contributed by atoms with van der Waals surface area (Å²) in [5, 5.41) is 10.6. The Bertz CT molecular complexity index is 1800. The van der Waals surface area contributed by atoms with Crippen LogP contribution in [0.15, 0.2) is 80.9 Å². The molecule has 1 aliphatic heterocycles. The molecule has 0 saturated carbocycles. The Morgan fingerprint density at radius 3 is 2.58 bits per heavy atom. The predicted molar refractivity (Wildman–Crippen MR) is 133 cm³/mol. The number of carbonyl (C=O) groups excluding carboxylic acids is 1. The van der Waals surface area contributed by atoms with Gasteiger partial charge in [-0.3, -0.25) is 14.4 Å². The van der Waals surface area contributed by atoms with Crippen LogP contribution in [-0.2, 0) is 4.79 Å². The molecule has 8 nitrogen and oxygen atoms in total. The van der Waals surface area contributed by atoms with Crippen LogP contribution in [0.1, 0.15) is 23.5 Å². The number of H-pyrrole nitrogens is 1. The molecule has 2 N–H and O–H groups in total. The van der Waals surface area contributed by atoms with E-state index in [0.29, 0.717) is 38.9 Å². The number of phenolic OH excluding ortho intramolecular Hbond substituents is 1. The maximum atomic E-state index is 13.4. The molecule has 1 aliphatic rings. The highest BCUT2D eigenvalue weighted by molar-refractivity contribution is 5.90. The average Bonchev–Trinajstić information content (AvgIpc) is 2.88. The van der Waals surface area contributed by atoms with Gasteiger partial charge in [-0.25, -0.2) is 0 Å². The van der Waals surface area contributed by atoms with Crippen molar-refractivity contribution in [2.75, 3.05) is 7.11 Å². The van der Waals surface area contributed by atoms with Gasteiger partial charge in [0.05, 0.1) is 30.0 Å². The van der Waals surface area contributed by atoms with Crippen LogP contribution in [0.4, 0.5) is 0 Å². The minimum atomic E-state index is -0.678. The van der Waals surface area contributed by atoms with E-state index >= 15 is 0 Å². The first-order chi connectivity index (χ1) is 17.4. The van der Waals surface area contributed by atoms with Gasteiger partial charge in [0.15, 0.2) is 0 Å². The average molecular weight is 481 g/mol. The Hall–Kier alpha value is -4.85. The number of aromatic hydroxyl groups is 1. The number of hydrogen-bond donors (Lipinski definition) is 2. The van der Waals surface area contributed by atoms with Crippen LogP contribution in [0.2, 0.25) is 0 Å². The van der Waals surface area contributed by atoms with Crippen molar-refractivity contribution in [1.29, 1.82) is 0 Å². The third-order valence-electron chi connectivity index (χ3n) is 6.52. The third-order valence-corrected chi connectivity index (χ3v) is 6.52. The summed E-state index contributed by atoms with van der Waals surface area (Å²) in [5.41, 5.74) is 1.97. The maximum absolute atomic E-state index is 13.4. The summed E-state index contributed by atoms with van der Waals surface area (Å²) in [7, 11) is 1.55. The van der Waals surface area contributed by atoms with Gasteiger partial charge in [0.1, 0.15) is 29.1 Å². The fourth-order valence-electron chi connectivity index (χ4n) is 4.74. The molecule has 6 rings (SSSR count). The van der Waals surface area contributed by atoms with Crippen LogP contribution < -0.4 is 20.5 Å². The topological polar surface area (TPSA) is 119 Å². The van der Waals surface area contributed by atoms with Gasteiger partial charge in [-0.2, -0.15) is 0 Å². The molecule has 0 saturated heterocycles. The van der Waals surface area contributed by atoms with Crippen LogP contribution in [0.5, 0.6) is 17.2 Å². The maximum Gasteiger partial charge on any atom is 0.312 e. The van der Waals surface area contributed by atoms with Crippen molar-refractivity contribution in [3.8, 4) is 28.4 Å². The van der Waals surface area contributed by atoms with Gasteiger partial charge in [0.25, 0.3) is 5.56 Å². The van der Waals surface area contributed by atoms with Gasteiger partial charge < -0.3 is 24.0 Å². The number of pyridine rings is 1. The number of rotatable bonds is 3. The van der Waals surface area contributed by atoms with Gasteiger partial charge in [0.2, 0.25) is 5.43 Å². The van der Waals surface area contributed by atoms with E-state index in [1.165, 1.54) is 18.4 Å². The summed E-state index contributed by atoms with van der Waals surface area (Å²) in [6, 6.07) is 16.4. The zero-order valence-electron chi connectivity index (χ0n) is 19.0. The van der Waals surface area contributed by atoms with Gasteiger partial charge in [-0.05, 0) is 53.4 Å². The SMILES string of the molecule is COc1ccc2cc([C@H]3CC(=O)Oc4ccc5c(=O)c(-c6ccc(O)cc6)coc5c43)c(=O)[nH]c2c1. The fraction of sp³-hybridized carbons (Fsp3) is 0.107. The molecular formula is C28H19NO7. The van der Waals surface area contributed by atoms with Gasteiger partial charge in [-0.1, -0.05) is 12.1 Å². The molecule has 1 atom stereocenters. The summed E-state index contributed by atoms with van der Waals surface area (Å²) >= 11 is 0. The van der Waals surface area contributed by atoms with Crippen LogP contribution >= 0.6 is 0 Å². The van der Waals surface area contributed by atoms with E-state index < -0.39 is 11.9 Å². The molecular weight excluding hydrogens is 462 g/mol. The highest BCUT2D eigenvalue weighted by Gasteiger charge is 2.33.